The van der Waals surface area contributed by atoms with Crippen molar-refractivity contribution in [2.24, 2.45) is 0 Å². The number of ether oxygens (including phenoxy) is 2. The van der Waals surface area contributed by atoms with E-state index >= 15 is 0 Å². The molecule has 0 bridgehead atoms. The van der Waals surface area contributed by atoms with Gasteiger partial charge in [-0.3, -0.25) is 9.59 Å². The number of amides is 2. The maximum atomic E-state index is 13.6. The van der Waals surface area contributed by atoms with E-state index in [2.05, 4.69) is 9.97 Å². The molecule has 8 heteroatoms. The van der Waals surface area contributed by atoms with Gasteiger partial charge in [0.15, 0.2) is 0 Å². The van der Waals surface area contributed by atoms with Gasteiger partial charge in [0.1, 0.15) is 11.5 Å². The van der Waals surface area contributed by atoms with E-state index in [0.29, 0.717) is 30.9 Å². The Kier molecular flexibility index (Phi) is 7.06. The number of carbonyl (C=O) groups is 2. The lowest BCUT2D eigenvalue weighted by atomic mass is 10.0. The van der Waals surface area contributed by atoms with Crippen molar-refractivity contribution in [2.75, 3.05) is 19.6 Å². The molecule has 176 valence electrons. The van der Waals surface area contributed by atoms with Crippen LogP contribution >= 0.6 is 0 Å². The third kappa shape index (κ3) is 5.51. The van der Waals surface area contributed by atoms with E-state index < -0.39 is 0 Å². The second-order valence-corrected chi connectivity index (χ2v) is 8.38. The molecule has 4 rings (SSSR count). The SMILES string of the molecule is CC(=O)N1CCN(C(=O)c2cccc(Oc3ncccn3)c2)C(c2ccc(OC(C)C)cc2)C1. The third-order valence-electron chi connectivity index (χ3n) is 5.56. The Labute approximate surface area is 199 Å². The van der Waals surface area contributed by atoms with Gasteiger partial charge in [-0.15, -0.1) is 0 Å². The Bertz CT molecular complexity index is 1140. The molecule has 1 unspecified atom stereocenters. The summed E-state index contributed by atoms with van der Waals surface area (Å²) in [6.07, 6.45) is 3.25. The molecule has 0 aliphatic carbocycles. The van der Waals surface area contributed by atoms with Gasteiger partial charge in [-0.25, -0.2) is 9.97 Å². The molecule has 0 N–H and O–H groups in total. The van der Waals surface area contributed by atoms with Crippen LogP contribution in [0.1, 0.15) is 42.7 Å². The van der Waals surface area contributed by atoms with Gasteiger partial charge in [0.05, 0.1) is 12.1 Å². The molecule has 34 heavy (non-hydrogen) atoms. The smallest absolute Gasteiger partial charge is 0.321 e. The van der Waals surface area contributed by atoms with Gasteiger partial charge >= 0.3 is 6.01 Å². The summed E-state index contributed by atoms with van der Waals surface area (Å²) >= 11 is 0. The first-order valence-corrected chi connectivity index (χ1v) is 11.3. The van der Waals surface area contributed by atoms with Gasteiger partial charge in [0, 0.05) is 44.5 Å². The summed E-state index contributed by atoms with van der Waals surface area (Å²) in [5.41, 5.74) is 1.44. The van der Waals surface area contributed by atoms with Crippen molar-refractivity contribution < 1.29 is 19.1 Å². The van der Waals surface area contributed by atoms with E-state index in [1.807, 2.05) is 43.0 Å². The molecule has 1 aliphatic rings. The zero-order valence-corrected chi connectivity index (χ0v) is 19.5. The summed E-state index contributed by atoms with van der Waals surface area (Å²) in [4.78, 5) is 37.4. The molecule has 1 atom stereocenters. The monoisotopic (exact) mass is 460 g/mol. The lowest BCUT2D eigenvalue weighted by Crippen LogP contribution is -2.51. The zero-order valence-electron chi connectivity index (χ0n) is 19.5. The van der Waals surface area contributed by atoms with E-state index in [1.54, 1.807) is 54.5 Å². The van der Waals surface area contributed by atoms with Crippen LogP contribution in [-0.4, -0.2) is 57.3 Å². The summed E-state index contributed by atoms with van der Waals surface area (Å²) in [5.74, 6) is 1.11. The van der Waals surface area contributed by atoms with E-state index in [-0.39, 0.29) is 30.0 Å². The number of aromatic nitrogens is 2. The zero-order chi connectivity index (χ0) is 24.1. The number of piperazine rings is 1. The minimum Gasteiger partial charge on any atom is -0.491 e. The van der Waals surface area contributed by atoms with Crippen LogP contribution in [0.25, 0.3) is 0 Å². The van der Waals surface area contributed by atoms with E-state index in [0.717, 1.165) is 11.3 Å². The number of carbonyl (C=O) groups excluding carboxylic acids is 2. The van der Waals surface area contributed by atoms with E-state index in [1.165, 1.54) is 0 Å². The Morgan fingerprint density at radius 1 is 0.971 bits per heavy atom. The fourth-order valence-electron chi connectivity index (χ4n) is 3.94. The molecule has 1 aromatic heterocycles. The van der Waals surface area contributed by atoms with Crippen molar-refractivity contribution in [1.29, 1.82) is 0 Å². The predicted molar refractivity (Wildman–Crippen MR) is 127 cm³/mol. The minimum atomic E-state index is -0.278. The number of hydrogen-bond donors (Lipinski definition) is 0. The maximum Gasteiger partial charge on any atom is 0.321 e. The molecular weight excluding hydrogens is 432 g/mol. The first kappa shape index (κ1) is 23.2. The summed E-state index contributed by atoms with van der Waals surface area (Å²) in [6, 6.07) is 16.3. The summed E-state index contributed by atoms with van der Waals surface area (Å²) in [7, 11) is 0. The van der Waals surface area contributed by atoms with Crippen LogP contribution in [0.4, 0.5) is 0 Å². The van der Waals surface area contributed by atoms with Crippen molar-refractivity contribution in [3.05, 3.63) is 78.1 Å². The van der Waals surface area contributed by atoms with Crippen LogP contribution in [0.5, 0.6) is 17.5 Å². The Morgan fingerprint density at radius 2 is 1.71 bits per heavy atom. The molecule has 8 nitrogen and oxygen atoms in total. The van der Waals surface area contributed by atoms with Gasteiger partial charge in [-0.1, -0.05) is 18.2 Å². The molecule has 1 saturated heterocycles. The van der Waals surface area contributed by atoms with Crippen LogP contribution < -0.4 is 9.47 Å². The van der Waals surface area contributed by atoms with E-state index in [4.69, 9.17) is 9.47 Å². The number of rotatable bonds is 6. The van der Waals surface area contributed by atoms with Crippen molar-refractivity contribution in [3.8, 4) is 17.5 Å². The molecule has 0 radical (unpaired) electrons. The Hall–Kier alpha value is -3.94. The second kappa shape index (κ2) is 10.3. The molecule has 2 amide bonds. The summed E-state index contributed by atoms with van der Waals surface area (Å²) in [5, 5.41) is 0. The highest BCUT2D eigenvalue weighted by Crippen LogP contribution is 2.30. The van der Waals surface area contributed by atoms with E-state index in [9.17, 15) is 9.59 Å². The molecule has 3 aromatic rings. The lowest BCUT2D eigenvalue weighted by molar-refractivity contribution is -0.131. The highest BCUT2D eigenvalue weighted by atomic mass is 16.5. The molecule has 2 heterocycles. The van der Waals surface area contributed by atoms with Gasteiger partial charge in [0.2, 0.25) is 5.91 Å². The van der Waals surface area contributed by atoms with Crippen molar-refractivity contribution in [3.63, 3.8) is 0 Å². The number of nitrogens with zero attached hydrogens (tertiary/aromatic N) is 4. The van der Waals surface area contributed by atoms with Crippen LogP contribution in [0.3, 0.4) is 0 Å². The maximum absolute atomic E-state index is 13.6. The largest absolute Gasteiger partial charge is 0.491 e. The molecular formula is C26H28N4O4. The summed E-state index contributed by atoms with van der Waals surface area (Å²) < 4.78 is 11.5. The highest BCUT2D eigenvalue weighted by Gasteiger charge is 2.33. The van der Waals surface area contributed by atoms with Crippen LogP contribution in [-0.2, 0) is 4.79 Å². The topological polar surface area (TPSA) is 84.9 Å². The average Bonchev–Trinajstić information content (AvgIpc) is 2.84. The number of hydrogen-bond acceptors (Lipinski definition) is 6. The van der Waals surface area contributed by atoms with Gasteiger partial charge in [-0.2, -0.15) is 0 Å². The van der Waals surface area contributed by atoms with Crippen molar-refractivity contribution >= 4 is 11.8 Å². The molecule has 0 spiro atoms. The van der Waals surface area contributed by atoms with Crippen molar-refractivity contribution in [1.82, 2.24) is 19.8 Å². The molecule has 0 saturated carbocycles. The predicted octanol–water partition coefficient (Wildman–Crippen LogP) is 4.10. The molecule has 1 aliphatic heterocycles. The molecule has 1 fully saturated rings. The minimum absolute atomic E-state index is 0.00452. The highest BCUT2D eigenvalue weighted by molar-refractivity contribution is 5.95. The number of benzene rings is 2. The normalized spacial score (nSPS) is 15.8. The van der Waals surface area contributed by atoms with Gasteiger partial charge < -0.3 is 19.3 Å². The lowest BCUT2D eigenvalue weighted by Gasteiger charge is -2.41. The fraction of sp³-hybridized carbons (Fsp3) is 0.308. The van der Waals surface area contributed by atoms with Crippen LogP contribution in [0, 0.1) is 0 Å². The van der Waals surface area contributed by atoms with Gasteiger partial charge in [-0.05, 0) is 55.8 Å². The van der Waals surface area contributed by atoms with Crippen LogP contribution in [0.15, 0.2) is 67.0 Å². The third-order valence-corrected chi connectivity index (χ3v) is 5.56. The Balaban J connectivity index is 1.58. The fourth-order valence-corrected chi connectivity index (χ4v) is 3.94. The first-order chi connectivity index (χ1) is 16.4. The van der Waals surface area contributed by atoms with Gasteiger partial charge in [0.25, 0.3) is 5.91 Å². The molecule has 2 aromatic carbocycles. The van der Waals surface area contributed by atoms with Crippen molar-refractivity contribution in [2.45, 2.75) is 32.9 Å². The second-order valence-electron chi connectivity index (χ2n) is 8.38. The van der Waals surface area contributed by atoms with Crippen LogP contribution in [0.2, 0.25) is 0 Å². The Morgan fingerprint density at radius 3 is 2.38 bits per heavy atom. The first-order valence-electron chi connectivity index (χ1n) is 11.3. The summed E-state index contributed by atoms with van der Waals surface area (Å²) in [6.45, 7) is 6.85. The quantitative estimate of drug-likeness (QED) is 0.551. The standard InChI is InChI=1S/C26H28N4O4/c1-18(2)33-22-10-8-20(9-11-22)24-17-29(19(3)31)14-15-30(24)25(32)21-6-4-7-23(16-21)34-26-27-12-5-13-28-26/h4-13,16,18,24H,14-15,17H2,1-3H3. The average molecular weight is 461 g/mol.